The van der Waals surface area contributed by atoms with Crippen LogP contribution in [-0.4, -0.2) is 23.1 Å². The second-order valence-corrected chi connectivity index (χ2v) is 5.07. The number of nitrogens with zero attached hydrogens (tertiary/aromatic N) is 2. The van der Waals surface area contributed by atoms with E-state index in [1.54, 1.807) is 5.57 Å². The Morgan fingerprint density at radius 3 is 3.00 bits per heavy atom. The van der Waals surface area contributed by atoms with E-state index in [-0.39, 0.29) is 0 Å². The molecule has 5 nitrogen and oxygen atoms in total. The fourth-order valence-electron chi connectivity index (χ4n) is 2.31. The van der Waals surface area contributed by atoms with Gasteiger partial charge in [-0.2, -0.15) is 4.98 Å². The third-order valence-corrected chi connectivity index (χ3v) is 3.41. The first-order chi connectivity index (χ1) is 9.81. The molecular weight excluding hydrogens is 252 g/mol. The highest BCUT2D eigenvalue weighted by atomic mass is 16.5. The van der Waals surface area contributed by atoms with Crippen molar-refractivity contribution in [2.45, 2.75) is 45.4 Å². The largest absolute Gasteiger partial charge is 0.476 e. The third kappa shape index (κ3) is 4.11. The highest BCUT2D eigenvalue weighted by molar-refractivity contribution is 5.66. The molecule has 0 aromatic carbocycles. The lowest BCUT2D eigenvalue weighted by molar-refractivity contribution is 0.306. The average molecular weight is 276 g/mol. The van der Waals surface area contributed by atoms with Crippen molar-refractivity contribution in [2.24, 2.45) is 0 Å². The van der Waals surface area contributed by atoms with Gasteiger partial charge in [-0.05, 0) is 38.5 Å². The van der Waals surface area contributed by atoms with Crippen LogP contribution in [0.15, 0.2) is 18.0 Å². The summed E-state index contributed by atoms with van der Waals surface area (Å²) in [6.45, 7) is 3.52. The Labute approximate surface area is 120 Å². The molecule has 0 amide bonds. The van der Waals surface area contributed by atoms with Crippen molar-refractivity contribution in [1.29, 1.82) is 0 Å². The first-order valence-corrected chi connectivity index (χ1v) is 7.46. The van der Waals surface area contributed by atoms with E-state index in [1.807, 2.05) is 0 Å². The number of ether oxygens (including phenoxy) is 1. The van der Waals surface area contributed by atoms with Crippen molar-refractivity contribution in [1.82, 2.24) is 9.97 Å². The van der Waals surface area contributed by atoms with Gasteiger partial charge >= 0.3 is 0 Å². The van der Waals surface area contributed by atoms with E-state index in [1.165, 1.54) is 32.0 Å². The highest BCUT2D eigenvalue weighted by Gasteiger charge is 2.09. The molecule has 110 valence electrons. The molecule has 1 aromatic heterocycles. The Morgan fingerprint density at radius 1 is 1.35 bits per heavy atom. The first-order valence-electron chi connectivity index (χ1n) is 7.46. The lowest BCUT2D eigenvalue weighted by Gasteiger charge is -2.14. The number of allylic oxidation sites excluding steroid dienone is 1. The second kappa shape index (κ2) is 7.72. The molecule has 0 spiro atoms. The van der Waals surface area contributed by atoms with Gasteiger partial charge in [-0.3, -0.25) is 0 Å². The van der Waals surface area contributed by atoms with E-state index in [9.17, 15) is 0 Å². The molecule has 5 heteroatoms. The molecule has 1 aliphatic rings. The van der Waals surface area contributed by atoms with E-state index in [0.717, 1.165) is 19.4 Å². The summed E-state index contributed by atoms with van der Waals surface area (Å²) in [6.07, 6.45) is 10.9. The van der Waals surface area contributed by atoms with Crippen LogP contribution in [0.2, 0.25) is 0 Å². The number of nitrogens with two attached hydrogens (primary N) is 1. The standard InChI is InChI=1S/C15H24N4O/c1-2-10-20-15-13(16)14(18-11-19-15)17-9-8-12-6-4-3-5-7-12/h6,11H,2-5,7-10,16H2,1H3,(H,17,18,19). The Bertz CT molecular complexity index is 459. The SMILES string of the molecule is CCCOc1ncnc(NCCC2=CCCCC2)c1N. The monoisotopic (exact) mass is 276 g/mol. The van der Waals surface area contributed by atoms with Crippen molar-refractivity contribution < 1.29 is 4.74 Å². The summed E-state index contributed by atoms with van der Waals surface area (Å²) in [5, 5.41) is 3.28. The summed E-state index contributed by atoms with van der Waals surface area (Å²) < 4.78 is 5.50. The molecule has 0 atom stereocenters. The van der Waals surface area contributed by atoms with Crippen LogP contribution in [0.25, 0.3) is 0 Å². The molecule has 3 N–H and O–H groups in total. The smallest absolute Gasteiger partial charge is 0.242 e. The summed E-state index contributed by atoms with van der Waals surface area (Å²) in [5.41, 5.74) is 8.06. The van der Waals surface area contributed by atoms with Gasteiger partial charge in [-0.25, -0.2) is 4.98 Å². The van der Waals surface area contributed by atoms with Crippen LogP contribution in [0.3, 0.4) is 0 Å². The maximum Gasteiger partial charge on any atom is 0.242 e. The molecule has 0 radical (unpaired) electrons. The maximum absolute atomic E-state index is 6.02. The number of nitrogens with one attached hydrogen (secondary N) is 1. The van der Waals surface area contributed by atoms with E-state index in [4.69, 9.17) is 10.5 Å². The summed E-state index contributed by atoms with van der Waals surface area (Å²) in [7, 11) is 0. The van der Waals surface area contributed by atoms with E-state index in [2.05, 4.69) is 28.3 Å². The Morgan fingerprint density at radius 2 is 2.25 bits per heavy atom. The predicted octanol–water partition coefficient (Wildman–Crippen LogP) is 3.15. The van der Waals surface area contributed by atoms with Crippen molar-refractivity contribution >= 4 is 11.5 Å². The Kier molecular flexibility index (Phi) is 5.65. The Balaban J connectivity index is 1.87. The lowest BCUT2D eigenvalue weighted by Crippen LogP contribution is -2.10. The van der Waals surface area contributed by atoms with Gasteiger partial charge in [-0.1, -0.05) is 18.6 Å². The quantitative estimate of drug-likeness (QED) is 0.748. The molecule has 1 heterocycles. The van der Waals surface area contributed by atoms with Crippen LogP contribution in [0, 0.1) is 0 Å². The third-order valence-electron chi connectivity index (χ3n) is 3.41. The van der Waals surface area contributed by atoms with E-state index in [0.29, 0.717) is 24.0 Å². The van der Waals surface area contributed by atoms with Crippen LogP contribution in [0.1, 0.15) is 45.4 Å². The van der Waals surface area contributed by atoms with Crippen LogP contribution in [-0.2, 0) is 0 Å². The van der Waals surface area contributed by atoms with Crippen LogP contribution in [0.5, 0.6) is 5.88 Å². The number of anilines is 2. The van der Waals surface area contributed by atoms with Gasteiger partial charge in [0.15, 0.2) is 5.82 Å². The summed E-state index contributed by atoms with van der Waals surface area (Å²) in [6, 6.07) is 0. The summed E-state index contributed by atoms with van der Waals surface area (Å²) >= 11 is 0. The first kappa shape index (κ1) is 14.6. The molecule has 0 aliphatic heterocycles. The zero-order valence-electron chi connectivity index (χ0n) is 12.2. The minimum atomic E-state index is 0.473. The van der Waals surface area contributed by atoms with Gasteiger partial charge in [0.2, 0.25) is 5.88 Å². The predicted molar refractivity (Wildman–Crippen MR) is 81.9 cm³/mol. The minimum absolute atomic E-state index is 0.473. The number of hydrogen-bond acceptors (Lipinski definition) is 5. The summed E-state index contributed by atoms with van der Waals surface area (Å²) in [5.74, 6) is 1.14. The van der Waals surface area contributed by atoms with Gasteiger partial charge in [0.05, 0.1) is 6.61 Å². The maximum atomic E-state index is 6.02. The molecule has 20 heavy (non-hydrogen) atoms. The second-order valence-electron chi connectivity index (χ2n) is 5.07. The molecule has 0 unspecified atom stereocenters. The molecule has 1 aromatic rings. The summed E-state index contributed by atoms with van der Waals surface area (Å²) in [4.78, 5) is 8.25. The average Bonchev–Trinajstić information content (AvgIpc) is 2.49. The zero-order valence-corrected chi connectivity index (χ0v) is 12.2. The molecular formula is C15H24N4O. The fraction of sp³-hybridized carbons (Fsp3) is 0.600. The zero-order chi connectivity index (χ0) is 14.2. The highest BCUT2D eigenvalue weighted by Crippen LogP contribution is 2.25. The van der Waals surface area contributed by atoms with Crippen molar-refractivity contribution in [3.8, 4) is 5.88 Å². The molecule has 1 aliphatic carbocycles. The Hall–Kier alpha value is -1.78. The number of hydrogen-bond donors (Lipinski definition) is 2. The molecule has 0 fully saturated rings. The van der Waals surface area contributed by atoms with Gasteiger partial charge in [0.25, 0.3) is 0 Å². The van der Waals surface area contributed by atoms with E-state index >= 15 is 0 Å². The molecule has 2 rings (SSSR count). The van der Waals surface area contributed by atoms with Crippen molar-refractivity contribution in [2.75, 3.05) is 24.2 Å². The van der Waals surface area contributed by atoms with Gasteiger partial charge in [0, 0.05) is 6.54 Å². The topological polar surface area (TPSA) is 73.1 Å². The van der Waals surface area contributed by atoms with Gasteiger partial charge in [-0.15, -0.1) is 0 Å². The van der Waals surface area contributed by atoms with Crippen molar-refractivity contribution in [3.63, 3.8) is 0 Å². The van der Waals surface area contributed by atoms with Crippen LogP contribution < -0.4 is 15.8 Å². The van der Waals surface area contributed by atoms with E-state index < -0.39 is 0 Å². The molecule has 0 saturated carbocycles. The minimum Gasteiger partial charge on any atom is -0.476 e. The lowest BCUT2D eigenvalue weighted by atomic mass is 9.97. The molecule has 0 bridgehead atoms. The van der Waals surface area contributed by atoms with Crippen LogP contribution >= 0.6 is 0 Å². The van der Waals surface area contributed by atoms with Crippen LogP contribution in [0.4, 0.5) is 11.5 Å². The normalized spacial score (nSPS) is 14.8. The number of nitrogen functional groups attached to an aromatic ring is 1. The van der Waals surface area contributed by atoms with Crippen molar-refractivity contribution in [3.05, 3.63) is 18.0 Å². The fourth-order valence-corrected chi connectivity index (χ4v) is 2.31. The van der Waals surface area contributed by atoms with Gasteiger partial charge < -0.3 is 15.8 Å². The number of aromatic nitrogens is 2. The number of rotatable bonds is 7. The van der Waals surface area contributed by atoms with Gasteiger partial charge in [0.1, 0.15) is 12.0 Å². The molecule has 0 saturated heterocycles.